The molecule has 0 spiro atoms. The van der Waals surface area contributed by atoms with Gasteiger partial charge in [-0.1, -0.05) is 18.2 Å². The number of urea groups is 2. The van der Waals surface area contributed by atoms with Gasteiger partial charge in [0.1, 0.15) is 5.75 Å². The van der Waals surface area contributed by atoms with E-state index < -0.39 is 0 Å². The van der Waals surface area contributed by atoms with Crippen LogP contribution in [0.2, 0.25) is 0 Å². The summed E-state index contributed by atoms with van der Waals surface area (Å²) < 4.78 is 5.69. The summed E-state index contributed by atoms with van der Waals surface area (Å²) in [5.74, 6) is 0.577. The van der Waals surface area contributed by atoms with Crippen molar-refractivity contribution < 1.29 is 19.1 Å². The first-order valence-corrected chi connectivity index (χ1v) is 8.49. The zero-order valence-corrected chi connectivity index (χ0v) is 13.9. The molecular formula is C17H22N4O4. The molecule has 0 aliphatic carbocycles. The van der Waals surface area contributed by atoms with Crippen molar-refractivity contribution in [3.8, 4) is 5.75 Å². The highest BCUT2D eigenvalue weighted by atomic mass is 16.5. The molecule has 5 amide bonds. The normalized spacial score (nSPS) is 19.5. The number of nitrogens with zero attached hydrogens (tertiary/aromatic N) is 1. The fourth-order valence-electron chi connectivity index (χ4n) is 3.00. The molecule has 1 aromatic carbocycles. The van der Waals surface area contributed by atoms with Crippen LogP contribution in [0.4, 0.5) is 9.59 Å². The second kappa shape index (κ2) is 7.87. The van der Waals surface area contributed by atoms with Crippen LogP contribution in [-0.4, -0.2) is 49.1 Å². The Balaban J connectivity index is 1.45. The summed E-state index contributed by atoms with van der Waals surface area (Å²) in [7, 11) is 0. The van der Waals surface area contributed by atoms with Gasteiger partial charge >= 0.3 is 12.1 Å². The van der Waals surface area contributed by atoms with Crippen LogP contribution in [0.5, 0.6) is 5.75 Å². The number of imide groups is 1. The number of nitrogens with one attached hydrogen (secondary N) is 3. The van der Waals surface area contributed by atoms with E-state index in [9.17, 15) is 14.4 Å². The Morgan fingerprint density at radius 3 is 2.96 bits per heavy atom. The number of amides is 5. The van der Waals surface area contributed by atoms with E-state index in [0.29, 0.717) is 26.1 Å². The van der Waals surface area contributed by atoms with Gasteiger partial charge in [0.15, 0.2) is 0 Å². The van der Waals surface area contributed by atoms with Gasteiger partial charge in [-0.2, -0.15) is 0 Å². The zero-order chi connectivity index (χ0) is 17.6. The van der Waals surface area contributed by atoms with Crippen LogP contribution in [-0.2, 0) is 4.79 Å². The summed E-state index contributed by atoms with van der Waals surface area (Å²) in [6.45, 7) is 1.37. The molecule has 1 atom stereocenters. The third-order valence-corrected chi connectivity index (χ3v) is 4.28. The van der Waals surface area contributed by atoms with Crippen molar-refractivity contribution in [1.82, 2.24) is 20.9 Å². The van der Waals surface area contributed by atoms with Crippen LogP contribution in [0.1, 0.15) is 30.9 Å². The molecule has 2 heterocycles. The van der Waals surface area contributed by atoms with Gasteiger partial charge in [0, 0.05) is 18.7 Å². The largest absolute Gasteiger partial charge is 0.493 e. The molecular weight excluding hydrogens is 324 g/mol. The number of hydrogen-bond donors (Lipinski definition) is 3. The molecule has 134 valence electrons. The first-order chi connectivity index (χ1) is 12.1. The quantitative estimate of drug-likeness (QED) is 0.550. The second-order valence-corrected chi connectivity index (χ2v) is 6.04. The molecule has 25 heavy (non-hydrogen) atoms. The molecule has 2 aliphatic rings. The molecule has 1 aromatic rings. The van der Waals surface area contributed by atoms with Crippen LogP contribution in [0, 0.1) is 0 Å². The number of para-hydroxylation sites is 1. The molecule has 0 aromatic heterocycles. The summed E-state index contributed by atoms with van der Waals surface area (Å²) in [5.41, 5.74) is 0.981. The van der Waals surface area contributed by atoms with Gasteiger partial charge in [-0.3, -0.25) is 9.69 Å². The Bertz CT molecular complexity index is 648. The molecule has 8 nitrogen and oxygen atoms in total. The minimum absolute atomic E-state index is 0.0515. The minimum Gasteiger partial charge on any atom is -0.493 e. The van der Waals surface area contributed by atoms with Crippen molar-refractivity contribution in [2.75, 3.05) is 26.2 Å². The van der Waals surface area contributed by atoms with E-state index in [1.165, 1.54) is 4.90 Å². The van der Waals surface area contributed by atoms with E-state index >= 15 is 0 Å². The summed E-state index contributed by atoms with van der Waals surface area (Å²) in [5, 5.41) is 8.21. The highest BCUT2D eigenvalue weighted by Gasteiger charge is 2.27. The van der Waals surface area contributed by atoms with Crippen LogP contribution in [0.15, 0.2) is 24.3 Å². The van der Waals surface area contributed by atoms with Crippen molar-refractivity contribution >= 4 is 18.0 Å². The first-order valence-electron chi connectivity index (χ1n) is 8.49. The Kier molecular flexibility index (Phi) is 5.37. The molecule has 2 aliphatic heterocycles. The zero-order valence-electron chi connectivity index (χ0n) is 13.9. The van der Waals surface area contributed by atoms with Crippen LogP contribution >= 0.6 is 0 Å². The Labute approximate surface area is 145 Å². The van der Waals surface area contributed by atoms with Crippen molar-refractivity contribution in [2.24, 2.45) is 0 Å². The van der Waals surface area contributed by atoms with Gasteiger partial charge in [-0.05, 0) is 25.3 Å². The molecule has 0 unspecified atom stereocenters. The van der Waals surface area contributed by atoms with E-state index in [1.807, 2.05) is 24.3 Å². The predicted molar refractivity (Wildman–Crippen MR) is 90.2 cm³/mol. The van der Waals surface area contributed by atoms with Crippen molar-refractivity contribution in [3.63, 3.8) is 0 Å². The number of hydrogen-bond acceptors (Lipinski definition) is 4. The lowest BCUT2D eigenvalue weighted by Crippen LogP contribution is -2.40. The second-order valence-electron chi connectivity index (χ2n) is 6.04. The number of carbonyl (C=O) groups excluding carboxylic acids is 3. The summed E-state index contributed by atoms with van der Waals surface area (Å²) in [4.78, 5) is 36.2. The fourth-order valence-corrected chi connectivity index (χ4v) is 3.00. The topological polar surface area (TPSA) is 99.8 Å². The van der Waals surface area contributed by atoms with E-state index in [1.54, 1.807) is 0 Å². The van der Waals surface area contributed by atoms with E-state index in [-0.39, 0.29) is 30.6 Å². The molecule has 3 rings (SSSR count). The Morgan fingerprint density at radius 1 is 1.32 bits per heavy atom. The van der Waals surface area contributed by atoms with Gasteiger partial charge in [-0.25, -0.2) is 9.59 Å². The molecule has 1 fully saturated rings. The van der Waals surface area contributed by atoms with Crippen molar-refractivity contribution in [3.05, 3.63) is 29.8 Å². The highest BCUT2D eigenvalue weighted by molar-refractivity contribution is 6.01. The standard InChI is InChI=1S/C17H22N4O4/c22-15-11-19-17(24)21(15)9-4-8-18-16(23)20-13-6-3-10-25-14-7-2-1-5-12(13)14/h1-2,5,7,13H,3-4,6,8-11H2,(H,19,24)(H2,18,20,23)/t13-/m1/s1. The van der Waals surface area contributed by atoms with Gasteiger partial charge < -0.3 is 20.7 Å². The van der Waals surface area contributed by atoms with Crippen molar-refractivity contribution in [2.45, 2.75) is 25.3 Å². The van der Waals surface area contributed by atoms with Crippen LogP contribution in [0.3, 0.4) is 0 Å². The lowest BCUT2D eigenvalue weighted by Gasteiger charge is -2.19. The number of ether oxygens (including phenoxy) is 1. The molecule has 0 bridgehead atoms. The monoisotopic (exact) mass is 346 g/mol. The van der Waals surface area contributed by atoms with Gasteiger partial charge in [-0.15, -0.1) is 0 Å². The predicted octanol–water partition coefficient (Wildman–Crippen LogP) is 1.14. The summed E-state index contributed by atoms with van der Waals surface area (Å²) in [6, 6.07) is 6.98. The van der Waals surface area contributed by atoms with E-state index in [0.717, 1.165) is 24.2 Å². The number of benzene rings is 1. The smallest absolute Gasteiger partial charge is 0.324 e. The van der Waals surface area contributed by atoms with Crippen LogP contribution in [0.25, 0.3) is 0 Å². The lowest BCUT2D eigenvalue weighted by atomic mass is 10.0. The number of carbonyl (C=O) groups is 3. The molecule has 0 radical (unpaired) electrons. The van der Waals surface area contributed by atoms with Gasteiger partial charge in [0.25, 0.3) is 0 Å². The molecule has 1 saturated heterocycles. The third kappa shape index (κ3) is 4.20. The van der Waals surface area contributed by atoms with Gasteiger partial charge in [0.05, 0.1) is 19.2 Å². The molecule has 3 N–H and O–H groups in total. The van der Waals surface area contributed by atoms with Crippen LogP contribution < -0.4 is 20.7 Å². The maximum atomic E-state index is 12.1. The lowest BCUT2D eigenvalue weighted by molar-refractivity contribution is -0.125. The summed E-state index contributed by atoms with van der Waals surface area (Å²) >= 11 is 0. The Morgan fingerprint density at radius 2 is 2.16 bits per heavy atom. The number of rotatable bonds is 5. The maximum Gasteiger partial charge on any atom is 0.324 e. The maximum absolute atomic E-state index is 12.1. The first kappa shape index (κ1) is 17.1. The van der Waals surface area contributed by atoms with E-state index in [2.05, 4.69) is 16.0 Å². The fraction of sp³-hybridized carbons (Fsp3) is 0.471. The number of fused-ring (bicyclic) bond motifs is 1. The average molecular weight is 346 g/mol. The molecule has 8 heteroatoms. The summed E-state index contributed by atoms with van der Waals surface area (Å²) in [6.07, 6.45) is 2.19. The SMILES string of the molecule is O=C(NCCCN1C(=O)CNC1=O)N[C@@H]1CCCOc2ccccc21. The van der Waals surface area contributed by atoms with Gasteiger partial charge in [0.2, 0.25) is 5.91 Å². The Hall–Kier alpha value is -2.77. The third-order valence-electron chi connectivity index (χ3n) is 4.28. The highest BCUT2D eigenvalue weighted by Crippen LogP contribution is 2.30. The average Bonchev–Trinajstić information content (AvgIpc) is 2.81. The molecule has 0 saturated carbocycles. The van der Waals surface area contributed by atoms with E-state index in [4.69, 9.17) is 4.74 Å². The minimum atomic E-state index is -0.371. The van der Waals surface area contributed by atoms with Crippen molar-refractivity contribution in [1.29, 1.82) is 0 Å².